The Bertz CT molecular complexity index is 719. The van der Waals surface area contributed by atoms with Crippen LogP contribution < -0.4 is 0 Å². The van der Waals surface area contributed by atoms with Gasteiger partial charge in [-0.05, 0) is 62.7 Å². The first-order valence-electron chi connectivity index (χ1n) is 9.66. The van der Waals surface area contributed by atoms with Crippen molar-refractivity contribution in [2.45, 2.75) is 66.2 Å². The van der Waals surface area contributed by atoms with E-state index < -0.39 is 5.41 Å². The van der Waals surface area contributed by atoms with Gasteiger partial charge in [-0.3, -0.25) is 9.59 Å². The molecule has 5 unspecified atom stereocenters. The van der Waals surface area contributed by atoms with Crippen LogP contribution >= 0.6 is 0 Å². The van der Waals surface area contributed by atoms with E-state index in [2.05, 4.69) is 25.1 Å². The molecule has 0 heterocycles. The molecule has 4 heteroatoms. The lowest BCUT2D eigenvalue weighted by Gasteiger charge is -2.58. The van der Waals surface area contributed by atoms with E-state index in [1.165, 1.54) is 5.57 Å². The highest BCUT2D eigenvalue weighted by Crippen LogP contribution is 2.65. The maximum Gasteiger partial charge on any atom is 0.190 e. The highest BCUT2D eigenvalue weighted by molar-refractivity contribution is 6.43. The van der Waals surface area contributed by atoms with Crippen LogP contribution in [0.5, 0.6) is 0 Å². The number of Topliss-reactive ketones (excluding diaryl/α,β-unsaturated/α-hetero) is 2. The Hall–Kier alpha value is -1.45. The third-order valence-corrected chi connectivity index (χ3v) is 8.33. The zero-order valence-electron chi connectivity index (χ0n) is 15.8. The highest BCUT2D eigenvalue weighted by Gasteiger charge is 2.62. The Balaban J connectivity index is 1.80. The Kier molecular flexibility index (Phi) is 3.43. The standard InChI is InChI=1S/C21H29NO3/c1-19(2)16-7-5-12-13-6-8-17(23)20(13,3)10-9-14(12)21(16,4)11-15(22-25)18(19)24/h7,12-14,25H,5-6,8-11H2,1-4H3. The molecule has 4 aliphatic carbocycles. The monoisotopic (exact) mass is 343 g/mol. The molecule has 0 bridgehead atoms. The van der Waals surface area contributed by atoms with Gasteiger partial charge in [-0.2, -0.15) is 0 Å². The number of nitrogens with zero attached hydrogens (tertiary/aromatic N) is 1. The van der Waals surface area contributed by atoms with Crippen molar-refractivity contribution in [2.75, 3.05) is 0 Å². The van der Waals surface area contributed by atoms with E-state index in [0.717, 1.165) is 32.1 Å². The first kappa shape index (κ1) is 17.0. The van der Waals surface area contributed by atoms with Gasteiger partial charge in [-0.1, -0.05) is 30.7 Å². The van der Waals surface area contributed by atoms with Gasteiger partial charge in [0, 0.05) is 18.3 Å². The molecule has 4 rings (SSSR count). The summed E-state index contributed by atoms with van der Waals surface area (Å²) < 4.78 is 0. The molecule has 0 aromatic rings. The molecular formula is C21H29NO3. The normalized spacial score (nSPS) is 47.1. The van der Waals surface area contributed by atoms with Gasteiger partial charge in [-0.25, -0.2) is 0 Å². The van der Waals surface area contributed by atoms with Crippen LogP contribution in [0.15, 0.2) is 16.8 Å². The van der Waals surface area contributed by atoms with Crippen LogP contribution in [0.1, 0.15) is 66.2 Å². The molecule has 0 radical (unpaired) electrons. The molecular weight excluding hydrogens is 314 g/mol. The summed E-state index contributed by atoms with van der Waals surface area (Å²) in [5, 5.41) is 12.8. The van der Waals surface area contributed by atoms with Gasteiger partial charge in [0.2, 0.25) is 0 Å². The first-order valence-corrected chi connectivity index (χ1v) is 9.66. The number of ketones is 2. The fraction of sp³-hybridized carbons (Fsp3) is 0.762. The van der Waals surface area contributed by atoms with E-state index in [0.29, 0.717) is 35.7 Å². The van der Waals surface area contributed by atoms with Crippen molar-refractivity contribution < 1.29 is 14.8 Å². The minimum absolute atomic E-state index is 0.0473. The minimum Gasteiger partial charge on any atom is -0.411 e. The highest BCUT2D eigenvalue weighted by atomic mass is 16.4. The van der Waals surface area contributed by atoms with Crippen molar-refractivity contribution in [3.05, 3.63) is 11.6 Å². The number of oxime groups is 1. The van der Waals surface area contributed by atoms with Crippen LogP contribution in [0.3, 0.4) is 0 Å². The minimum atomic E-state index is -0.605. The van der Waals surface area contributed by atoms with E-state index in [1.807, 2.05) is 13.8 Å². The number of allylic oxidation sites excluding steroid dienone is 2. The van der Waals surface area contributed by atoms with Gasteiger partial charge in [-0.15, -0.1) is 0 Å². The number of hydrogen-bond donors (Lipinski definition) is 1. The summed E-state index contributed by atoms with van der Waals surface area (Å²) >= 11 is 0. The lowest BCUT2D eigenvalue weighted by Crippen LogP contribution is -2.56. The lowest BCUT2D eigenvalue weighted by molar-refractivity contribution is -0.132. The fourth-order valence-corrected chi connectivity index (χ4v) is 7.05. The van der Waals surface area contributed by atoms with Crippen molar-refractivity contribution in [1.29, 1.82) is 0 Å². The smallest absolute Gasteiger partial charge is 0.190 e. The fourth-order valence-electron chi connectivity index (χ4n) is 7.05. The van der Waals surface area contributed by atoms with E-state index in [1.54, 1.807) is 0 Å². The number of hydrogen-bond acceptors (Lipinski definition) is 4. The average molecular weight is 343 g/mol. The van der Waals surface area contributed by atoms with Crippen molar-refractivity contribution in [3.8, 4) is 0 Å². The third kappa shape index (κ3) is 1.97. The Labute approximate surface area is 149 Å². The van der Waals surface area contributed by atoms with Gasteiger partial charge < -0.3 is 5.21 Å². The number of fused-ring (bicyclic) bond motifs is 5. The van der Waals surface area contributed by atoms with E-state index in [9.17, 15) is 14.8 Å². The van der Waals surface area contributed by atoms with Crippen LogP contribution in [0.25, 0.3) is 0 Å². The first-order chi connectivity index (χ1) is 11.7. The van der Waals surface area contributed by atoms with E-state index >= 15 is 0 Å². The van der Waals surface area contributed by atoms with Crippen molar-refractivity contribution in [3.63, 3.8) is 0 Å². The zero-order chi connectivity index (χ0) is 18.2. The summed E-state index contributed by atoms with van der Waals surface area (Å²) in [5.41, 5.74) is 0.657. The second-order valence-corrected chi connectivity index (χ2v) is 9.74. The van der Waals surface area contributed by atoms with Crippen LogP contribution in [0.2, 0.25) is 0 Å². The van der Waals surface area contributed by atoms with Gasteiger partial charge >= 0.3 is 0 Å². The summed E-state index contributed by atoms with van der Waals surface area (Å²) in [7, 11) is 0. The Morgan fingerprint density at radius 1 is 1.08 bits per heavy atom. The summed E-state index contributed by atoms with van der Waals surface area (Å²) in [6.45, 7) is 8.38. The van der Waals surface area contributed by atoms with Crippen molar-refractivity contribution in [1.82, 2.24) is 0 Å². The van der Waals surface area contributed by atoms with Crippen LogP contribution in [-0.2, 0) is 9.59 Å². The van der Waals surface area contributed by atoms with E-state index in [4.69, 9.17) is 0 Å². The van der Waals surface area contributed by atoms with Crippen molar-refractivity contribution >= 4 is 17.3 Å². The quantitative estimate of drug-likeness (QED) is 0.408. The molecule has 1 N–H and O–H groups in total. The summed E-state index contributed by atoms with van der Waals surface area (Å²) in [6, 6.07) is 0. The van der Waals surface area contributed by atoms with Gasteiger partial charge in [0.15, 0.2) is 5.78 Å². The number of carbonyl (C=O) groups excluding carboxylic acids is 2. The van der Waals surface area contributed by atoms with Crippen LogP contribution in [0.4, 0.5) is 0 Å². The van der Waals surface area contributed by atoms with Crippen LogP contribution in [-0.4, -0.2) is 22.5 Å². The zero-order valence-corrected chi connectivity index (χ0v) is 15.8. The van der Waals surface area contributed by atoms with Gasteiger partial charge in [0.1, 0.15) is 11.5 Å². The predicted octanol–water partition coefficient (Wildman–Crippen LogP) is 4.16. The maximum absolute atomic E-state index is 12.7. The Morgan fingerprint density at radius 2 is 1.76 bits per heavy atom. The molecule has 0 aliphatic heterocycles. The largest absolute Gasteiger partial charge is 0.411 e. The summed E-state index contributed by atoms with van der Waals surface area (Å²) in [6.07, 6.45) is 7.52. The second kappa shape index (κ2) is 5.05. The van der Waals surface area contributed by atoms with Gasteiger partial charge in [0.05, 0.1) is 5.41 Å². The maximum atomic E-state index is 12.7. The molecule has 0 amide bonds. The molecule has 0 spiro atoms. The van der Waals surface area contributed by atoms with E-state index in [-0.39, 0.29) is 16.6 Å². The average Bonchev–Trinajstić information content (AvgIpc) is 2.86. The molecule has 4 nitrogen and oxygen atoms in total. The molecule has 0 aromatic carbocycles. The molecule has 4 aliphatic rings. The SMILES string of the molecule is CC1(C)C(=O)C(=NO)CC2(C)C1=CCC1C3CCC(=O)C3(C)CCC12. The molecule has 0 saturated heterocycles. The topological polar surface area (TPSA) is 66.7 Å². The molecule has 136 valence electrons. The van der Waals surface area contributed by atoms with Gasteiger partial charge in [0.25, 0.3) is 0 Å². The van der Waals surface area contributed by atoms with Crippen LogP contribution in [0, 0.1) is 34.0 Å². The second-order valence-electron chi connectivity index (χ2n) is 9.74. The molecule has 0 aromatic heterocycles. The number of rotatable bonds is 0. The molecule has 3 fully saturated rings. The summed E-state index contributed by atoms with van der Waals surface area (Å²) in [5.74, 6) is 1.83. The predicted molar refractivity (Wildman–Crippen MR) is 95.5 cm³/mol. The molecule has 5 atom stereocenters. The number of carbonyl (C=O) groups is 2. The molecule has 25 heavy (non-hydrogen) atoms. The Morgan fingerprint density at radius 3 is 2.44 bits per heavy atom. The molecule has 3 saturated carbocycles. The lowest BCUT2D eigenvalue weighted by atomic mass is 9.45. The summed E-state index contributed by atoms with van der Waals surface area (Å²) in [4.78, 5) is 25.2. The third-order valence-electron chi connectivity index (χ3n) is 8.33. The van der Waals surface area contributed by atoms with Crippen molar-refractivity contribution in [2.24, 2.45) is 39.2 Å².